The number of imidazole rings is 1. The van der Waals surface area contributed by atoms with Gasteiger partial charge in [0.15, 0.2) is 0 Å². The van der Waals surface area contributed by atoms with E-state index >= 15 is 0 Å². The molecule has 3 aromatic rings. The number of aromatic nitrogens is 2. The number of benzene rings is 2. The van der Waals surface area contributed by atoms with Crippen LogP contribution in [0.3, 0.4) is 0 Å². The maximum Gasteiger partial charge on any atom is 0.138 e. The summed E-state index contributed by atoms with van der Waals surface area (Å²) in [5, 5.41) is 9.95. The highest BCUT2D eigenvalue weighted by molar-refractivity contribution is 9.10. The standard InChI is InChI=1S/C16H15BrN2O/c1-11(20)16-18-14-7-2-3-8-15(14)19(16)10-12-5-4-6-13(17)9-12/h2-9,11,20H,10H2,1H3. The summed E-state index contributed by atoms with van der Waals surface area (Å²) in [6, 6.07) is 16.1. The van der Waals surface area contributed by atoms with Crippen LogP contribution in [0.5, 0.6) is 0 Å². The Morgan fingerprint density at radius 1 is 1.20 bits per heavy atom. The first-order chi connectivity index (χ1) is 9.65. The minimum absolute atomic E-state index is 0.588. The van der Waals surface area contributed by atoms with Crippen molar-refractivity contribution >= 4 is 27.0 Å². The lowest BCUT2D eigenvalue weighted by atomic mass is 10.2. The number of para-hydroxylation sites is 2. The van der Waals surface area contributed by atoms with Crippen molar-refractivity contribution in [3.8, 4) is 0 Å². The fourth-order valence-corrected chi connectivity index (χ4v) is 2.84. The molecule has 1 heterocycles. The SMILES string of the molecule is CC(O)c1nc2ccccc2n1Cc1cccc(Br)c1. The number of halogens is 1. The molecular formula is C16H15BrN2O. The number of nitrogens with zero attached hydrogens (tertiary/aromatic N) is 2. The molecule has 0 bridgehead atoms. The Balaban J connectivity index is 2.11. The molecular weight excluding hydrogens is 316 g/mol. The van der Waals surface area contributed by atoms with Crippen molar-refractivity contribution in [2.45, 2.75) is 19.6 Å². The van der Waals surface area contributed by atoms with Crippen LogP contribution in [-0.2, 0) is 6.54 Å². The summed E-state index contributed by atoms with van der Waals surface area (Å²) < 4.78 is 3.12. The normalized spacial score (nSPS) is 12.8. The van der Waals surface area contributed by atoms with Gasteiger partial charge in [-0.25, -0.2) is 4.98 Å². The molecule has 1 N–H and O–H groups in total. The van der Waals surface area contributed by atoms with E-state index in [9.17, 15) is 5.11 Å². The Morgan fingerprint density at radius 3 is 2.75 bits per heavy atom. The van der Waals surface area contributed by atoms with Crippen LogP contribution in [-0.4, -0.2) is 14.7 Å². The molecule has 1 aromatic heterocycles. The summed E-state index contributed by atoms with van der Waals surface area (Å²) in [6.45, 7) is 2.44. The maximum atomic E-state index is 9.95. The molecule has 3 rings (SSSR count). The molecule has 0 aliphatic heterocycles. The van der Waals surface area contributed by atoms with E-state index in [1.54, 1.807) is 6.92 Å². The fourth-order valence-electron chi connectivity index (χ4n) is 2.40. The first-order valence-electron chi connectivity index (χ1n) is 6.53. The van der Waals surface area contributed by atoms with Gasteiger partial charge in [0.05, 0.1) is 11.0 Å². The van der Waals surface area contributed by atoms with Crippen molar-refractivity contribution in [1.29, 1.82) is 0 Å². The minimum atomic E-state index is -0.588. The van der Waals surface area contributed by atoms with Crippen LogP contribution in [0.15, 0.2) is 53.0 Å². The second kappa shape index (κ2) is 5.38. The van der Waals surface area contributed by atoms with Gasteiger partial charge in [0.1, 0.15) is 11.9 Å². The molecule has 1 atom stereocenters. The van der Waals surface area contributed by atoms with Crippen LogP contribution in [0.1, 0.15) is 24.4 Å². The molecule has 0 spiro atoms. The molecule has 0 radical (unpaired) electrons. The summed E-state index contributed by atoms with van der Waals surface area (Å²) >= 11 is 3.49. The van der Waals surface area contributed by atoms with Gasteiger partial charge in [0, 0.05) is 11.0 Å². The zero-order chi connectivity index (χ0) is 14.1. The number of hydrogen-bond donors (Lipinski definition) is 1. The van der Waals surface area contributed by atoms with Crippen LogP contribution in [0.2, 0.25) is 0 Å². The zero-order valence-electron chi connectivity index (χ0n) is 11.1. The molecule has 102 valence electrons. The van der Waals surface area contributed by atoms with Gasteiger partial charge < -0.3 is 9.67 Å². The number of aliphatic hydroxyl groups is 1. The van der Waals surface area contributed by atoms with Gasteiger partial charge in [-0.1, -0.05) is 40.2 Å². The van der Waals surface area contributed by atoms with E-state index in [0.717, 1.165) is 15.5 Å². The van der Waals surface area contributed by atoms with Gasteiger partial charge in [-0.3, -0.25) is 0 Å². The Kier molecular flexibility index (Phi) is 3.59. The van der Waals surface area contributed by atoms with Crippen LogP contribution >= 0.6 is 15.9 Å². The third kappa shape index (κ3) is 2.49. The summed E-state index contributed by atoms with van der Waals surface area (Å²) in [5.41, 5.74) is 3.13. The smallest absolute Gasteiger partial charge is 0.138 e. The highest BCUT2D eigenvalue weighted by atomic mass is 79.9. The predicted molar refractivity (Wildman–Crippen MR) is 83.6 cm³/mol. The van der Waals surface area contributed by atoms with Crippen molar-refractivity contribution < 1.29 is 5.11 Å². The van der Waals surface area contributed by atoms with Gasteiger partial charge in [0.25, 0.3) is 0 Å². The number of rotatable bonds is 3. The molecule has 0 aliphatic carbocycles. The molecule has 0 saturated carbocycles. The molecule has 2 aromatic carbocycles. The lowest BCUT2D eigenvalue weighted by Crippen LogP contribution is -2.07. The molecule has 0 amide bonds. The monoisotopic (exact) mass is 330 g/mol. The topological polar surface area (TPSA) is 38.1 Å². The van der Waals surface area contributed by atoms with Crippen LogP contribution in [0.4, 0.5) is 0 Å². The molecule has 0 saturated heterocycles. The van der Waals surface area contributed by atoms with Crippen molar-refractivity contribution in [2.75, 3.05) is 0 Å². The third-order valence-electron chi connectivity index (χ3n) is 3.29. The lowest BCUT2D eigenvalue weighted by molar-refractivity contribution is 0.185. The van der Waals surface area contributed by atoms with E-state index in [0.29, 0.717) is 12.4 Å². The van der Waals surface area contributed by atoms with Gasteiger partial charge in [-0.2, -0.15) is 0 Å². The first kappa shape index (κ1) is 13.3. The number of hydrogen-bond acceptors (Lipinski definition) is 2. The Morgan fingerprint density at radius 2 is 2.00 bits per heavy atom. The fraction of sp³-hybridized carbons (Fsp3) is 0.188. The van der Waals surface area contributed by atoms with E-state index in [1.807, 2.05) is 36.4 Å². The summed E-state index contributed by atoms with van der Waals surface area (Å²) in [6.07, 6.45) is -0.588. The van der Waals surface area contributed by atoms with Crippen LogP contribution in [0, 0.1) is 0 Å². The van der Waals surface area contributed by atoms with E-state index in [-0.39, 0.29) is 0 Å². The van der Waals surface area contributed by atoms with E-state index in [4.69, 9.17) is 0 Å². The largest absolute Gasteiger partial charge is 0.385 e. The van der Waals surface area contributed by atoms with E-state index in [1.165, 1.54) is 5.56 Å². The van der Waals surface area contributed by atoms with Gasteiger partial charge in [-0.05, 0) is 36.8 Å². The molecule has 1 unspecified atom stereocenters. The zero-order valence-corrected chi connectivity index (χ0v) is 12.7. The molecule has 0 fully saturated rings. The van der Waals surface area contributed by atoms with Crippen LogP contribution < -0.4 is 0 Å². The second-order valence-corrected chi connectivity index (χ2v) is 5.77. The van der Waals surface area contributed by atoms with E-state index < -0.39 is 6.10 Å². The minimum Gasteiger partial charge on any atom is -0.385 e. The molecule has 4 heteroatoms. The highest BCUT2D eigenvalue weighted by Gasteiger charge is 2.14. The van der Waals surface area contributed by atoms with Crippen LogP contribution in [0.25, 0.3) is 11.0 Å². The molecule has 20 heavy (non-hydrogen) atoms. The second-order valence-electron chi connectivity index (χ2n) is 4.85. The highest BCUT2D eigenvalue weighted by Crippen LogP contribution is 2.22. The van der Waals surface area contributed by atoms with Gasteiger partial charge >= 0.3 is 0 Å². The first-order valence-corrected chi connectivity index (χ1v) is 7.32. The Hall–Kier alpha value is -1.65. The summed E-state index contributed by atoms with van der Waals surface area (Å²) in [4.78, 5) is 4.53. The van der Waals surface area contributed by atoms with Crippen molar-refractivity contribution in [3.63, 3.8) is 0 Å². The molecule has 3 nitrogen and oxygen atoms in total. The lowest BCUT2D eigenvalue weighted by Gasteiger charge is -2.11. The maximum absolute atomic E-state index is 9.95. The van der Waals surface area contributed by atoms with E-state index in [2.05, 4.69) is 37.6 Å². The number of fused-ring (bicyclic) bond motifs is 1. The predicted octanol–water partition coefficient (Wildman–Crippen LogP) is 3.90. The Labute approximate surface area is 126 Å². The van der Waals surface area contributed by atoms with Gasteiger partial charge in [-0.15, -0.1) is 0 Å². The average molecular weight is 331 g/mol. The summed E-state index contributed by atoms with van der Waals surface area (Å²) in [7, 11) is 0. The average Bonchev–Trinajstić information content (AvgIpc) is 2.78. The molecule has 0 aliphatic rings. The van der Waals surface area contributed by atoms with Crippen molar-refractivity contribution in [3.05, 3.63) is 64.4 Å². The van der Waals surface area contributed by atoms with Crippen molar-refractivity contribution in [2.24, 2.45) is 0 Å². The third-order valence-corrected chi connectivity index (χ3v) is 3.78. The van der Waals surface area contributed by atoms with Gasteiger partial charge in [0.2, 0.25) is 0 Å². The quantitative estimate of drug-likeness (QED) is 0.790. The van der Waals surface area contributed by atoms with Crippen molar-refractivity contribution in [1.82, 2.24) is 9.55 Å². The number of aliphatic hydroxyl groups excluding tert-OH is 1. The summed E-state index contributed by atoms with van der Waals surface area (Å²) in [5.74, 6) is 0.700. The Bertz CT molecular complexity index is 749.